The maximum Gasteiger partial charge on any atom is 0.410 e. The molecule has 204 valence electrons. The fourth-order valence-corrected chi connectivity index (χ4v) is 7.19. The zero-order chi connectivity index (χ0) is 26.4. The molecule has 0 aromatic heterocycles. The average molecular weight is 514 g/mol. The van der Waals surface area contributed by atoms with Crippen molar-refractivity contribution in [2.75, 3.05) is 31.1 Å². The van der Waals surface area contributed by atoms with Gasteiger partial charge in [0.25, 0.3) is 0 Å². The number of carbonyl (C=O) groups is 2. The zero-order valence-electron chi connectivity index (χ0n) is 23.1. The molecule has 1 unspecified atom stereocenters. The molecule has 0 radical (unpaired) electrons. The van der Waals surface area contributed by atoms with E-state index in [1.807, 2.05) is 32.9 Å². The standard InChI is InChI=1S/C30H44FN3O3/c1-21-6-5-16-33(21)24-10-7-22(8-11-24)23-9-12-26(25(31)20-23)34-19-15-30(27(34)35)13-17-32(18-14-30)28(36)37-29(2,3)4/h9,12,20-22,24H,5-8,10-11,13-19H2,1-4H3. The quantitative estimate of drug-likeness (QED) is 0.491. The number of ether oxygens (including phenoxy) is 1. The number of carbonyl (C=O) groups excluding carboxylic acids is 2. The molecule has 1 aliphatic carbocycles. The van der Waals surface area contributed by atoms with Gasteiger partial charge in [0.1, 0.15) is 11.4 Å². The molecule has 1 aromatic rings. The van der Waals surface area contributed by atoms with Crippen LogP contribution in [-0.2, 0) is 9.53 Å². The van der Waals surface area contributed by atoms with Crippen LogP contribution in [0.4, 0.5) is 14.9 Å². The number of nitrogens with zero attached hydrogens (tertiary/aromatic N) is 3. The largest absolute Gasteiger partial charge is 0.444 e. The molecule has 1 atom stereocenters. The molecule has 3 saturated heterocycles. The minimum atomic E-state index is -0.540. The molecule has 6 nitrogen and oxygen atoms in total. The van der Waals surface area contributed by atoms with Gasteiger partial charge in [-0.2, -0.15) is 0 Å². The Morgan fingerprint density at radius 1 is 1.00 bits per heavy atom. The fourth-order valence-electron chi connectivity index (χ4n) is 7.19. The van der Waals surface area contributed by atoms with Crippen molar-refractivity contribution in [2.45, 2.75) is 109 Å². The normalized spacial score (nSPS) is 28.8. The second-order valence-electron chi connectivity index (χ2n) is 12.9. The first-order valence-electron chi connectivity index (χ1n) is 14.4. The summed E-state index contributed by atoms with van der Waals surface area (Å²) in [5.74, 6) is 0.114. The molecule has 4 fully saturated rings. The first-order chi connectivity index (χ1) is 17.6. The second kappa shape index (κ2) is 10.2. The molecule has 1 spiro atoms. The number of amides is 2. The van der Waals surface area contributed by atoms with Crippen LogP contribution < -0.4 is 4.90 Å². The Kier molecular flexibility index (Phi) is 7.29. The van der Waals surface area contributed by atoms with Gasteiger partial charge in [-0.1, -0.05) is 6.07 Å². The number of benzene rings is 1. The molecular formula is C30H44FN3O3. The van der Waals surface area contributed by atoms with E-state index in [4.69, 9.17) is 4.74 Å². The van der Waals surface area contributed by atoms with Gasteiger partial charge >= 0.3 is 6.09 Å². The van der Waals surface area contributed by atoms with Crippen LogP contribution in [0, 0.1) is 11.2 Å². The number of anilines is 1. The van der Waals surface area contributed by atoms with E-state index >= 15 is 4.39 Å². The lowest BCUT2D eigenvalue weighted by Gasteiger charge is -2.38. The van der Waals surface area contributed by atoms with Gasteiger partial charge in [0, 0.05) is 31.7 Å². The number of halogens is 1. The van der Waals surface area contributed by atoms with E-state index in [2.05, 4.69) is 11.8 Å². The third-order valence-electron chi connectivity index (χ3n) is 9.39. The third kappa shape index (κ3) is 5.39. The Labute approximate surface area is 221 Å². The van der Waals surface area contributed by atoms with Gasteiger partial charge in [-0.15, -0.1) is 0 Å². The Hall–Kier alpha value is -2.15. The summed E-state index contributed by atoms with van der Waals surface area (Å²) >= 11 is 0. The van der Waals surface area contributed by atoms with E-state index < -0.39 is 11.0 Å². The van der Waals surface area contributed by atoms with Crippen LogP contribution in [0.2, 0.25) is 0 Å². The lowest BCUT2D eigenvalue weighted by molar-refractivity contribution is -0.128. The van der Waals surface area contributed by atoms with E-state index in [0.717, 1.165) is 18.4 Å². The number of hydrogen-bond acceptors (Lipinski definition) is 4. The van der Waals surface area contributed by atoms with Crippen LogP contribution in [0.15, 0.2) is 18.2 Å². The minimum absolute atomic E-state index is 0.00299. The van der Waals surface area contributed by atoms with Crippen LogP contribution in [0.3, 0.4) is 0 Å². The summed E-state index contributed by atoms with van der Waals surface area (Å²) in [6.45, 7) is 10.7. The monoisotopic (exact) mass is 513 g/mol. The highest BCUT2D eigenvalue weighted by atomic mass is 19.1. The fraction of sp³-hybridized carbons (Fsp3) is 0.733. The van der Waals surface area contributed by atoms with E-state index in [9.17, 15) is 9.59 Å². The summed E-state index contributed by atoms with van der Waals surface area (Å²) in [5.41, 5.74) is 0.428. The molecule has 3 aliphatic heterocycles. The van der Waals surface area contributed by atoms with Gasteiger partial charge in [-0.3, -0.25) is 9.69 Å². The van der Waals surface area contributed by atoms with E-state index in [0.29, 0.717) is 62.6 Å². The van der Waals surface area contributed by atoms with Crippen molar-refractivity contribution < 1.29 is 18.7 Å². The second-order valence-corrected chi connectivity index (χ2v) is 12.9. The molecule has 0 bridgehead atoms. The molecule has 1 saturated carbocycles. The average Bonchev–Trinajstić information content (AvgIpc) is 3.42. The van der Waals surface area contributed by atoms with E-state index in [1.165, 1.54) is 32.2 Å². The SMILES string of the molecule is CC1CCCN1C1CCC(c2ccc(N3CCC4(CCN(C(=O)OC(C)(C)C)CC4)C3=O)c(F)c2)CC1. The van der Waals surface area contributed by atoms with Crippen molar-refractivity contribution in [3.8, 4) is 0 Å². The number of hydrogen-bond donors (Lipinski definition) is 0. The number of likely N-dealkylation sites (tertiary alicyclic amines) is 2. The molecular weight excluding hydrogens is 469 g/mol. The minimum Gasteiger partial charge on any atom is -0.444 e. The van der Waals surface area contributed by atoms with Gasteiger partial charge in [-0.05, 0) is 116 Å². The topological polar surface area (TPSA) is 53.1 Å². The van der Waals surface area contributed by atoms with Gasteiger partial charge < -0.3 is 14.5 Å². The predicted molar refractivity (Wildman–Crippen MR) is 143 cm³/mol. The Bertz CT molecular complexity index is 1010. The maximum absolute atomic E-state index is 15.4. The highest BCUT2D eigenvalue weighted by molar-refractivity contribution is 6.00. The van der Waals surface area contributed by atoms with Gasteiger partial charge in [0.05, 0.1) is 11.1 Å². The molecule has 5 rings (SSSR count). The van der Waals surface area contributed by atoms with Crippen LogP contribution in [-0.4, -0.2) is 65.7 Å². The van der Waals surface area contributed by atoms with Gasteiger partial charge in [-0.25, -0.2) is 9.18 Å². The van der Waals surface area contributed by atoms with Crippen molar-refractivity contribution in [2.24, 2.45) is 5.41 Å². The first-order valence-corrected chi connectivity index (χ1v) is 14.4. The summed E-state index contributed by atoms with van der Waals surface area (Å²) in [5, 5.41) is 0. The Morgan fingerprint density at radius 3 is 2.27 bits per heavy atom. The lowest BCUT2D eigenvalue weighted by atomic mass is 9.77. The highest BCUT2D eigenvalue weighted by Crippen LogP contribution is 2.44. The number of piperidine rings is 1. The smallest absolute Gasteiger partial charge is 0.410 e. The Morgan fingerprint density at radius 2 is 1.68 bits per heavy atom. The zero-order valence-corrected chi connectivity index (χ0v) is 23.1. The molecule has 2 amide bonds. The molecule has 3 heterocycles. The summed E-state index contributed by atoms with van der Waals surface area (Å²) < 4.78 is 20.9. The first kappa shape index (κ1) is 26.5. The van der Waals surface area contributed by atoms with Crippen molar-refractivity contribution in [3.05, 3.63) is 29.6 Å². The third-order valence-corrected chi connectivity index (χ3v) is 9.39. The maximum atomic E-state index is 15.4. The van der Waals surface area contributed by atoms with Gasteiger partial charge in [0.2, 0.25) is 5.91 Å². The molecule has 7 heteroatoms. The summed E-state index contributed by atoms with van der Waals surface area (Å²) in [7, 11) is 0. The van der Waals surface area contributed by atoms with Crippen LogP contribution in [0.5, 0.6) is 0 Å². The van der Waals surface area contributed by atoms with Crippen molar-refractivity contribution in [1.82, 2.24) is 9.80 Å². The lowest BCUT2D eigenvalue weighted by Crippen LogP contribution is -2.48. The van der Waals surface area contributed by atoms with Crippen molar-refractivity contribution >= 4 is 17.7 Å². The van der Waals surface area contributed by atoms with E-state index in [1.54, 1.807) is 15.9 Å². The summed E-state index contributed by atoms with van der Waals surface area (Å²) in [6, 6.07) is 6.93. The van der Waals surface area contributed by atoms with Crippen LogP contribution >= 0.6 is 0 Å². The molecule has 4 aliphatic rings. The Balaban J connectivity index is 1.19. The summed E-state index contributed by atoms with van der Waals surface area (Å²) in [4.78, 5) is 32.0. The molecule has 0 N–H and O–H groups in total. The van der Waals surface area contributed by atoms with E-state index in [-0.39, 0.29) is 17.8 Å². The predicted octanol–water partition coefficient (Wildman–Crippen LogP) is 6.09. The van der Waals surface area contributed by atoms with Crippen LogP contribution in [0.1, 0.15) is 97.0 Å². The van der Waals surface area contributed by atoms with Crippen molar-refractivity contribution in [1.29, 1.82) is 0 Å². The molecule has 1 aromatic carbocycles. The summed E-state index contributed by atoms with van der Waals surface area (Å²) in [6.07, 6.45) is 8.78. The number of rotatable bonds is 3. The molecule has 37 heavy (non-hydrogen) atoms. The van der Waals surface area contributed by atoms with Crippen LogP contribution in [0.25, 0.3) is 0 Å². The highest BCUT2D eigenvalue weighted by Gasteiger charge is 2.49. The van der Waals surface area contributed by atoms with Crippen molar-refractivity contribution in [3.63, 3.8) is 0 Å². The van der Waals surface area contributed by atoms with Gasteiger partial charge in [0.15, 0.2) is 0 Å².